The largest absolute Gasteiger partial charge is 0.696 e. The molecule has 0 amide bonds. The molecule has 0 fully saturated rings. The molecule has 0 aliphatic carbocycles. The van der Waals surface area contributed by atoms with Gasteiger partial charge in [-0.3, -0.25) is 0 Å². The molecule has 0 unspecified atom stereocenters. The Morgan fingerprint density at radius 3 is 1.59 bits per heavy atom. The summed E-state index contributed by atoms with van der Waals surface area (Å²) in [6.45, 7) is 6.14. The van der Waals surface area contributed by atoms with Crippen molar-refractivity contribution in [3.63, 3.8) is 0 Å². The maximum atomic E-state index is 7.13. The first-order valence-corrected chi connectivity index (χ1v) is 14.6. The van der Waals surface area contributed by atoms with E-state index in [1.807, 2.05) is 0 Å². The normalized spacial score (nSPS) is 11.6. The van der Waals surface area contributed by atoms with Gasteiger partial charge >= 0.3 is 69.5 Å². The van der Waals surface area contributed by atoms with Gasteiger partial charge in [0.25, 0.3) is 0 Å². The van der Waals surface area contributed by atoms with Crippen LogP contribution in [0.1, 0.15) is 50.7 Å². The van der Waals surface area contributed by atoms with E-state index in [1.54, 1.807) is 8.87 Å². The van der Waals surface area contributed by atoms with Crippen LogP contribution >= 0.6 is 0 Å². The minimum absolute atomic E-state index is 0.149. The van der Waals surface area contributed by atoms with Gasteiger partial charge in [0.05, 0.1) is 0 Å². The van der Waals surface area contributed by atoms with Crippen LogP contribution in [-0.2, 0) is 25.3 Å². The number of unbranched alkanes of at least 4 members (excludes halogenated alkanes) is 2. The Labute approximate surface area is 197 Å². The number of hydrogen-bond donors (Lipinski definition) is 0. The molecule has 0 saturated heterocycles. The predicted octanol–water partition coefficient (Wildman–Crippen LogP) is 6.91. The van der Waals surface area contributed by atoms with E-state index in [1.165, 1.54) is 47.6 Å². The van der Waals surface area contributed by atoms with Crippen molar-refractivity contribution in [2.75, 3.05) is 13.1 Å². The fraction of sp³-hybridized carbons (Fsp3) is 0.455. The second kappa shape index (κ2) is 19.8. The van der Waals surface area contributed by atoms with Crippen molar-refractivity contribution < 1.29 is 0 Å². The van der Waals surface area contributed by atoms with Gasteiger partial charge < -0.3 is 35.9 Å². The summed E-state index contributed by atoms with van der Waals surface area (Å²) in [5, 5.41) is 25.9. The van der Waals surface area contributed by atoms with Crippen molar-refractivity contribution in [3.8, 4) is 10.8 Å². The van der Waals surface area contributed by atoms with Gasteiger partial charge in [-0.2, -0.15) is 0 Å². The summed E-state index contributed by atoms with van der Waals surface area (Å²) in [6.07, 6.45) is 14.2. The van der Waals surface area contributed by atoms with Crippen LogP contribution in [0.4, 0.5) is 11.4 Å². The molecule has 0 aromatic heterocycles. The van der Waals surface area contributed by atoms with Gasteiger partial charge in [-0.25, -0.2) is 10.5 Å². The number of rotatable bonds is 6. The van der Waals surface area contributed by atoms with Gasteiger partial charge in [0.15, 0.2) is 0 Å². The molecular weight excluding hydrogens is 503 g/mol. The minimum atomic E-state index is 0.149. The first-order chi connectivity index (χ1) is 14.2. The molecule has 3 rings (SSSR count). The molecule has 1 aromatic rings. The van der Waals surface area contributed by atoms with Gasteiger partial charge in [-0.05, 0) is 11.1 Å². The Kier molecular flexibility index (Phi) is 18.8. The Morgan fingerprint density at radius 1 is 0.862 bits per heavy atom. The molecule has 0 spiro atoms. The second-order valence-electron chi connectivity index (χ2n) is 6.07. The number of nitriles is 2. The summed E-state index contributed by atoms with van der Waals surface area (Å²) in [5.74, 6) is 0. The molecule has 0 saturated carbocycles. The van der Waals surface area contributed by atoms with Crippen molar-refractivity contribution >= 4 is 69.9 Å². The summed E-state index contributed by atoms with van der Waals surface area (Å²) in [5.41, 5.74) is 4.51. The smallest absolute Gasteiger partial charge is 0.0797 e. The zero-order valence-electron chi connectivity index (χ0n) is 17.2. The maximum absolute atomic E-state index is 7.13. The van der Waals surface area contributed by atoms with E-state index in [-0.39, 0.29) is 21.1 Å². The SMILES string of the molecule is C1=Cc2ccc3c(c2[N-]C1)[N-]CC=C3.CCC[CH2][Sn][CH2]CCC.N#C[S-].N#C[S-]. The fourth-order valence-corrected chi connectivity index (χ4v) is 6.75. The zero-order chi connectivity index (χ0) is 21.7. The maximum Gasteiger partial charge on any atom is -0.0797 e. The van der Waals surface area contributed by atoms with Crippen LogP contribution in [0.15, 0.2) is 24.3 Å². The molecule has 0 atom stereocenters. The van der Waals surface area contributed by atoms with Crippen LogP contribution in [0.25, 0.3) is 22.8 Å². The van der Waals surface area contributed by atoms with Crippen molar-refractivity contribution in [2.45, 2.75) is 48.4 Å². The predicted molar refractivity (Wildman–Crippen MR) is 131 cm³/mol. The average Bonchev–Trinajstić information content (AvgIpc) is 2.75. The van der Waals surface area contributed by atoms with Crippen LogP contribution in [0.2, 0.25) is 8.87 Å². The number of hydrogen-bond acceptors (Lipinski definition) is 4. The number of nitrogens with zero attached hydrogens (tertiary/aromatic N) is 4. The third kappa shape index (κ3) is 12.6. The van der Waals surface area contributed by atoms with Crippen molar-refractivity contribution in [1.82, 2.24) is 0 Å². The number of fused-ring (bicyclic) bond motifs is 3. The topological polar surface area (TPSA) is 75.8 Å². The van der Waals surface area contributed by atoms with Crippen LogP contribution in [0, 0.1) is 21.3 Å². The van der Waals surface area contributed by atoms with E-state index in [2.05, 4.69) is 86.2 Å². The minimum Gasteiger partial charge on any atom is -0.696 e. The van der Waals surface area contributed by atoms with Crippen LogP contribution in [0.5, 0.6) is 0 Å². The first kappa shape index (κ1) is 27.5. The molecule has 4 nitrogen and oxygen atoms in total. The zero-order valence-corrected chi connectivity index (χ0v) is 21.7. The van der Waals surface area contributed by atoms with Gasteiger partial charge in [0.2, 0.25) is 0 Å². The molecule has 7 heteroatoms. The molecule has 2 heterocycles. The molecule has 29 heavy (non-hydrogen) atoms. The van der Waals surface area contributed by atoms with Gasteiger partial charge in [-0.1, -0.05) is 35.1 Å². The molecule has 0 bridgehead atoms. The number of benzene rings is 1. The Balaban J connectivity index is 0.000000454. The van der Waals surface area contributed by atoms with E-state index < -0.39 is 0 Å². The second-order valence-corrected chi connectivity index (χ2v) is 10.7. The first-order valence-electron chi connectivity index (χ1n) is 9.78. The van der Waals surface area contributed by atoms with E-state index in [4.69, 9.17) is 10.5 Å². The van der Waals surface area contributed by atoms with Gasteiger partial charge in [0, 0.05) is 0 Å². The summed E-state index contributed by atoms with van der Waals surface area (Å²) in [7, 11) is 0. The van der Waals surface area contributed by atoms with Crippen molar-refractivity contribution in [3.05, 3.63) is 46.0 Å². The van der Waals surface area contributed by atoms with Crippen LogP contribution in [0.3, 0.4) is 0 Å². The molecule has 1 aromatic carbocycles. The molecule has 2 aliphatic heterocycles. The van der Waals surface area contributed by atoms with E-state index in [9.17, 15) is 0 Å². The van der Waals surface area contributed by atoms with E-state index in [0.717, 1.165) is 24.5 Å². The number of thiocyanates is 2. The molecule has 2 aliphatic rings. The Bertz CT molecular complexity index is 647. The summed E-state index contributed by atoms with van der Waals surface area (Å²) in [4.78, 5) is 0. The van der Waals surface area contributed by atoms with Crippen LogP contribution in [-0.4, -0.2) is 34.2 Å². The van der Waals surface area contributed by atoms with Gasteiger partial charge in [0.1, 0.15) is 0 Å². The standard InChI is InChI=1S/C12H10N2.2C4H9.2CHNS.Sn/c1-3-9-5-6-10-4-2-8-14-12(10)11(9)13-7-1;2*1-3-4-2;2*2-1-3;/h1-6H,7-8H2;2*1,3-4H2,2H3;2*3H;/q-2;;;;;/p-2. The summed E-state index contributed by atoms with van der Waals surface area (Å²) < 4.78 is 3.25. The van der Waals surface area contributed by atoms with Crippen LogP contribution < -0.4 is 0 Å². The molecule has 156 valence electrons. The Hall–Kier alpha value is -1.48. The van der Waals surface area contributed by atoms with Gasteiger partial charge in [-0.15, -0.1) is 36.6 Å². The van der Waals surface area contributed by atoms with E-state index >= 15 is 0 Å². The Morgan fingerprint density at radius 2 is 1.24 bits per heavy atom. The third-order valence-electron chi connectivity index (χ3n) is 3.93. The third-order valence-corrected chi connectivity index (χ3v) is 7.97. The molecule has 2 radical (unpaired) electrons. The summed E-state index contributed by atoms with van der Waals surface area (Å²) in [6, 6.07) is 4.22. The van der Waals surface area contributed by atoms with Crippen molar-refractivity contribution in [2.24, 2.45) is 0 Å². The molecule has 0 N–H and O–H groups in total. The quantitative estimate of drug-likeness (QED) is 0.173. The average molecular weight is 531 g/mol. The molecular formula is C22H28N4S2Sn-4. The fourth-order valence-electron chi connectivity index (χ4n) is 2.59. The monoisotopic (exact) mass is 532 g/mol. The van der Waals surface area contributed by atoms with E-state index in [0.29, 0.717) is 0 Å². The van der Waals surface area contributed by atoms with Crippen molar-refractivity contribution in [1.29, 1.82) is 10.5 Å². The summed E-state index contributed by atoms with van der Waals surface area (Å²) >= 11 is 7.55.